The average molecular weight is 341 g/mol. The third-order valence-electron chi connectivity index (χ3n) is 3.49. The van der Waals surface area contributed by atoms with Crippen molar-refractivity contribution in [3.63, 3.8) is 0 Å². The van der Waals surface area contributed by atoms with Gasteiger partial charge in [-0.05, 0) is 44.0 Å². The molecular weight excluding hydrogens is 320 g/mol. The summed E-state index contributed by atoms with van der Waals surface area (Å²) in [6, 6.07) is 7.01. The molecule has 2 amide bonds. The number of benzene rings is 1. The van der Waals surface area contributed by atoms with Crippen LogP contribution in [0.4, 0.5) is 0 Å². The molecule has 0 spiro atoms. The molecule has 0 aromatic heterocycles. The Morgan fingerprint density at radius 1 is 1.09 bits per heavy atom. The molecule has 0 saturated heterocycles. The topological polar surface area (TPSA) is 76.7 Å². The van der Waals surface area contributed by atoms with Gasteiger partial charge in [0.2, 0.25) is 5.91 Å². The van der Waals surface area contributed by atoms with Gasteiger partial charge in [-0.1, -0.05) is 11.6 Å². The summed E-state index contributed by atoms with van der Waals surface area (Å²) >= 11 is 5.77. The van der Waals surface area contributed by atoms with Crippen molar-refractivity contribution < 1.29 is 19.1 Å². The van der Waals surface area contributed by atoms with Crippen LogP contribution < -0.4 is 15.4 Å². The number of carbonyl (C=O) groups is 2. The van der Waals surface area contributed by atoms with Gasteiger partial charge in [0, 0.05) is 23.7 Å². The maximum Gasteiger partial charge on any atom is 0.258 e. The van der Waals surface area contributed by atoms with Crippen molar-refractivity contribution in [3.05, 3.63) is 29.3 Å². The lowest BCUT2D eigenvalue weighted by atomic mass is 9.86. The van der Waals surface area contributed by atoms with Crippen LogP contribution in [0.2, 0.25) is 5.02 Å². The van der Waals surface area contributed by atoms with Crippen LogP contribution in [0.1, 0.15) is 19.8 Å². The zero-order chi connectivity index (χ0) is 16.7. The maximum atomic E-state index is 11.8. The molecule has 0 heterocycles. The number of hydrogen-bond acceptors (Lipinski definition) is 4. The molecule has 1 aliphatic rings. The van der Waals surface area contributed by atoms with E-state index in [1.807, 2.05) is 6.92 Å². The lowest BCUT2D eigenvalue weighted by Crippen LogP contribution is -2.54. The van der Waals surface area contributed by atoms with Crippen LogP contribution in [0.25, 0.3) is 0 Å². The van der Waals surface area contributed by atoms with Crippen molar-refractivity contribution in [2.24, 2.45) is 0 Å². The van der Waals surface area contributed by atoms with Crippen molar-refractivity contribution in [2.75, 3.05) is 19.8 Å². The van der Waals surface area contributed by atoms with E-state index >= 15 is 0 Å². The minimum Gasteiger partial charge on any atom is -0.484 e. The highest BCUT2D eigenvalue weighted by Gasteiger charge is 2.31. The molecule has 6 nitrogen and oxygen atoms in total. The highest BCUT2D eigenvalue weighted by Crippen LogP contribution is 2.20. The molecule has 7 heteroatoms. The lowest BCUT2D eigenvalue weighted by molar-refractivity contribution is -0.127. The number of amides is 2. The first kappa shape index (κ1) is 17.6. The predicted molar refractivity (Wildman–Crippen MR) is 86.5 cm³/mol. The fourth-order valence-corrected chi connectivity index (χ4v) is 2.39. The number of nitrogens with one attached hydrogen (secondary N) is 2. The Kier molecular flexibility index (Phi) is 6.67. The first-order valence-electron chi connectivity index (χ1n) is 7.61. The maximum absolute atomic E-state index is 11.8. The molecule has 0 radical (unpaired) electrons. The van der Waals surface area contributed by atoms with Crippen LogP contribution in [0.5, 0.6) is 5.75 Å². The second-order valence-electron chi connectivity index (χ2n) is 5.38. The highest BCUT2D eigenvalue weighted by molar-refractivity contribution is 6.30. The Labute approximate surface area is 140 Å². The molecule has 2 N–H and O–H groups in total. The van der Waals surface area contributed by atoms with Gasteiger partial charge in [0.15, 0.2) is 6.61 Å². The molecule has 1 aromatic carbocycles. The van der Waals surface area contributed by atoms with E-state index in [9.17, 15) is 9.59 Å². The standard InChI is InChI=1S/C16H21ClN2O4/c1-2-22-9-15(20)18-12-7-13(8-12)19-16(21)10-23-14-5-3-11(17)4-6-14/h3-6,12-13H,2,7-10H2,1H3,(H,18,20)(H,19,21). The molecule has 1 fully saturated rings. The lowest BCUT2D eigenvalue weighted by Gasteiger charge is -2.36. The second kappa shape index (κ2) is 8.74. The van der Waals surface area contributed by atoms with E-state index < -0.39 is 0 Å². The SMILES string of the molecule is CCOCC(=O)NC1CC(NC(=O)COc2ccc(Cl)cc2)C1. The largest absolute Gasteiger partial charge is 0.484 e. The molecule has 23 heavy (non-hydrogen) atoms. The first-order chi connectivity index (χ1) is 11.1. The molecule has 0 atom stereocenters. The zero-order valence-electron chi connectivity index (χ0n) is 13.0. The van der Waals surface area contributed by atoms with Crippen LogP contribution >= 0.6 is 11.6 Å². The second-order valence-corrected chi connectivity index (χ2v) is 5.82. The van der Waals surface area contributed by atoms with Gasteiger partial charge in [-0.25, -0.2) is 0 Å². The quantitative estimate of drug-likeness (QED) is 0.752. The Morgan fingerprint density at radius 2 is 1.65 bits per heavy atom. The molecule has 1 aliphatic carbocycles. The normalized spacial score (nSPS) is 19.6. The van der Waals surface area contributed by atoms with E-state index in [4.69, 9.17) is 21.1 Å². The van der Waals surface area contributed by atoms with Crippen LogP contribution in [0.15, 0.2) is 24.3 Å². The number of carbonyl (C=O) groups excluding carboxylic acids is 2. The van der Waals surface area contributed by atoms with E-state index in [1.54, 1.807) is 24.3 Å². The van der Waals surface area contributed by atoms with Crippen LogP contribution in [0, 0.1) is 0 Å². The Balaban J connectivity index is 1.59. The van der Waals surface area contributed by atoms with Gasteiger partial charge in [0.05, 0.1) is 0 Å². The fourth-order valence-electron chi connectivity index (χ4n) is 2.27. The van der Waals surface area contributed by atoms with Crippen molar-refractivity contribution in [1.82, 2.24) is 10.6 Å². The van der Waals surface area contributed by atoms with Crippen molar-refractivity contribution in [3.8, 4) is 5.75 Å². The summed E-state index contributed by atoms with van der Waals surface area (Å²) in [6.45, 7) is 2.40. The predicted octanol–water partition coefficient (Wildman–Crippen LogP) is 1.52. The Hall–Kier alpha value is -1.79. The molecule has 1 aromatic rings. The van der Waals surface area contributed by atoms with E-state index in [0.717, 1.165) is 12.8 Å². The average Bonchev–Trinajstić information content (AvgIpc) is 2.50. The summed E-state index contributed by atoms with van der Waals surface area (Å²) in [5.74, 6) is 0.302. The van der Waals surface area contributed by atoms with Crippen molar-refractivity contribution >= 4 is 23.4 Å². The highest BCUT2D eigenvalue weighted by atomic mass is 35.5. The first-order valence-corrected chi connectivity index (χ1v) is 7.99. The van der Waals surface area contributed by atoms with Crippen molar-refractivity contribution in [1.29, 1.82) is 0 Å². The van der Waals surface area contributed by atoms with Crippen LogP contribution in [-0.4, -0.2) is 43.7 Å². The molecule has 1 saturated carbocycles. The number of halogens is 1. The van der Waals surface area contributed by atoms with E-state index in [-0.39, 0.29) is 37.1 Å². The monoisotopic (exact) mass is 340 g/mol. The summed E-state index contributed by atoms with van der Waals surface area (Å²) in [6.07, 6.45) is 1.45. The number of rotatable bonds is 8. The van der Waals surface area contributed by atoms with E-state index in [2.05, 4.69) is 10.6 Å². The van der Waals surface area contributed by atoms with Gasteiger partial charge in [0.1, 0.15) is 12.4 Å². The minimum absolute atomic E-state index is 0.0422. The number of hydrogen-bond donors (Lipinski definition) is 2. The smallest absolute Gasteiger partial charge is 0.258 e. The minimum atomic E-state index is -0.177. The molecule has 0 bridgehead atoms. The van der Waals surface area contributed by atoms with Gasteiger partial charge in [0.25, 0.3) is 5.91 Å². The fraction of sp³-hybridized carbons (Fsp3) is 0.500. The molecule has 2 rings (SSSR count). The third-order valence-corrected chi connectivity index (χ3v) is 3.74. The van der Waals surface area contributed by atoms with Gasteiger partial charge in [-0.2, -0.15) is 0 Å². The van der Waals surface area contributed by atoms with Crippen LogP contribution in [0.3, 0.4) is 0 Å². The summed E-state index contributed by atoms with van der Waals surface area (Å²) in [4.78, 5) is 23.3. The third kappa shape index (κ3) is 6.08. The Bertz CT molecular complexity index is 529. The van der Waals surface area contributed by atoms with Gasteiger partial charge >= 0.3 is 0 Å². The Morgan fingerprint density at radius 3 is 2.22 bits per heavy atom. The summed E-state index contributed by atoms with van der Waals surface area (Å²) in [7, 11) is 0. The van der Waals surface area contributed by atoms with E-state index in [1.165, 1.54) is 0 Å². The molecule has 0 aliphatic heterocycles. The van der Waals surface area contributed by atoms with Crippen molar-refractivity contribution in [2.45, 2.75) is 31.8 Å². The molecular formula is C16H21ClN2O4. The van der Waals surface area contributed by atoms with Gasteiger partial charge in [-0.15, -0.1) is 0 Å². The van der Waals surface area contributed by atoms with Gasteiger partial charge < -0.3 is 20.1 Å². The van der Waals surface area contributed by atoms with Crippen LogP contribution in [-0.2, 0) is 14.3 Å². The zero-order valence-corrected chi connectivity index (χ0v) is 13.8. The summed E-state index contributed by atoms with van der Waals surface area (Å²) < 4.78 is 10.4. The number of ether oxygens (including phenoxy) is 2. The summed E-state index contributed by atoms with van der Waals surface area (Å²) in [5.41, 5.74) is 0. The molecule has 0 unspecified atom stereocenters. The summed E-state index contributed by atoms with van der Waals surface area (Å²) in [5, 5.41) is 6.35. The molecule has 126 valence electrons. The van der Waals surface area contributed by atoms with Gasteiger partial charge in [-0.3, -0.25) is 9.59 Å². The van der Waals surface area contributed by atoms with E-state index in [0.29, 0.717) is 17.4 Å².